The van der Waals surface area contributed by atoms with Crippen LogP contribution in [-0.2, 0) is 10.0 Å². The minimum Gasteiger partial charge on any atom is -0.505 e. The van der Waals surface area contributed by atoms with Gasteiger partial charge in [-0.05, 0) is 19.1 Å². The van der Waals surface area contributed by atoms with E-state index in [-0.39, 0.29) is 14.9 Å². The van der Waals surface area contributed by atoms with Crippen LogP contribution in [0.15, 0.2) is 17.0 Å². The Morgan fingerprint density at radius 1 is 1.30 bits per heavy atom. The fraction of sp³-hybridized carbons (Fsp3) is 0.500. The van der Waals surface area contributed by atoms with Crippen LogP contribution in [0.2, 0.25) is 10.0 Å². The molecule has 2 rings (SSSR count). The number of phenols is 1. The Hall–Kier alpha value is -0.530. The third kappa shape index (κ3) is 3.04. The lowest BCUT2D eigenvalue weighted by molar-refractivity contribution is -0.901. The highest BCUT2D eigenvalue weighted by Crippen LogP contribution is 2.35. The molecule has 0 bridgehead atoms. The van der Waals surface area contributed by atoms with Crippen LogP contribution in [0.4, 0.5) is 0 Å². The number of nitrogens with zero attached hydrogens (tertiary/aromatic N) is 1. The molecule has 1 aromatic rings. The van der Waals surface area contributed by atoms with Gasteiger partial charge in [0.1, 0.15) is 4.90 Å². The second-order valence-corrected chi connectivity index (χ2v) is 7.49. The summed E-state index contributed by atoms with van der Waals surface area (Å²) in [7, 11) is -3.77. The number of quaternary nitrogens is 1. The summed E-state index contributed by atoms with van der Waals surface area (Å²) in [6.45, 7) is 5.41. The number of rotatable bonds is 3. The molecular weight excluding hydrogens is 323 g/mol. The van der Waals surface area contributed by atoms with Crippen LogP contribution in [0.1, 0.15) is 6.92 Å². The standard InChI is InChI=1S/C12H16Cl2N2O3S/c1-2-15-3-5-16(6-4-15)20(18,19)11-8-9(13)7-10(14)12(11)17/h7-8,17H,2-6H2,1H3/p+1. The minimum atomic E-state index is -3.77. The summed E-state index contributed by atoms with van der Waals surface area (Å²) in [6.07, 6.45) is 0. The van der Waals surface area contributed by atoms with Crippen molar-refractivity contribution in [3.05, 3.63) is 22.2 Å². The van der Waals surface area contributed by atoms with Gasteiger partial charge in [0.15, 0.2) is 5.75 Å². The number of aromatic hydroxyl groups is 1. The molecule has 20 heavy (non-hydrogen) atoms. The SMILES string of the molecule is CC[NH+]1CCN(S(=O)(=O)c2cc(Cl)cc(Cl)c2O)CC1. The normalized spacial score (nSPS) is 18.4. The van der Waals surface area contributed by atoms with Gasteiger partial charge in [0.2, 0.25) is 10.0 Å². The van der Waals surface area contributed by atoms with Crippen molar-refractivity contribution < 1.29 is 18.4 Å². The van der Waals surface area contributed by atoms with Crippen LogP contribution in [-0.4, -0.2) is 50.6 Å². The number of phenolic OH excluding ortho intramolecular Hbond substituents is 1. The van der Waals surface area contributed by atoms with E-state index in [1.54, 1.807) is 0 Å². The summed E-state index contributed by atoms with van der Waals surface area (Å²) in [5, 5.41) is 10.0. The van der Waals surface area contributed by atoms with Gasteiger partial charge in [-0.2, -0.15) is 4.31 Å². The van der Waals surface area contributed by atoms with Crippen molar-refractivity contribution in [2.45, 2.75) is 11.8 Å². The summed E-state index contributed by atoms with van der Waals surface area (Å²) in [6, 6.07) is 2.55. The molecule has 0 saturated carbocycles. The number of piperazine rings is 1. The summed E-state index contributed by atoms with van der Waals surface area (Å²) < 4.78 is 26.5. The van der Waals surface area contributed by atoms with E-state index >= 15 is 0 Å². The number of halogens is 2. The van der Waals surface area contributed by atoms with Crippen molar-refractivity contribution in [3.63, 3.8) is 0 Å². The first kappa shape index (κ1) is 15.9. The number of benzene rings is 1. The van der Waals surface area contributed by atoms with Crippen LogP contribution < -0.4 is 4.90 Å². The quantitative estimate of drug-likeness (QED) is 0.848. The molecule has 5 nitrogen and oxygen atoms in total. The van der Waals surface area contributed by atoms with E-state index in [1.165, 1.54) is 21.3 Å². The molecule has 1 saturated heterocycles. The number of likely N-dealkylation sites (N-methyl/N-ethyl adjacent to an activating group) is 1. The fourth-order valence-electron chi connectivity index (χ4n) is 2.27. The van der Waals surface area contributed by atoms with Gasteiger partial charge in [0, 0.05) is 5.02 Å². The van der Waals surface area contributed by atoms with Gasteiger partial charge >= 0.3 is 0 Å². The number of sulfonamides is 1. The Kier molecular flexibility index (Phi) is 4.81. The van der Waals surface area contributed by atoms with Crippen molar-refractivity contribution in [1.82, 2.24) is 4.31 Å². The van der Waals surface area contributed by atoms with Crippen LogP contribution in [0.25, 0.3) is 0 Å². The molecule has 0 aromatic heterocycles. The monoisotopic (exact) mass is 339 g/mol. The van der Waals surface area contributed by atoms with E-state index in [4.69, 9.17) is 23.2 Å². The molecule has 0 aliphatic carbocycles. The molecule has 1 fully saturated rings. The molecule has 0 unspecified atom stereocenters. The van der Waals surface area contributed by atoms with Crippen molar-refractivity contribution in [1.29, 1.82) is 0 Å². The van der Waals surface area contributed by atoms with E-state index in [1.807, 2.05) is 0 Å². The Balaban J connectivity index is 2.32. The third-order valence-corrected chi connectivity index (χ3v) is 5.96. The van der Waals surface area contributed by atoms with E-state index in [0.717, 1.165) is 19.6 Å². The molecule has 0 radical (unpaired) electrons. The largest absolute Gasteiger partial charge is 0.505 e. The first-order valence-electron chi connectivity index (χ1n) is 6.38. The average molecular weight is 340 g/mol. The van der Waals surface area contributed by atoms with E-state index in [9.17, 15) is 13.5 Å². The van der Waals surface area contributed by atoms with Gasteiger partial charge in [-0.25, -0.2) is 8.42 Å². The average Bonchev–Trinajstić information content (AvgIpc) is 2.42. The lowest BCUT2D eigenvalue weighted by Gasteiger charge is -2.31. The molecule has 1 aliphatic rings. The molecule has 112 valence electrons. The predicted molar refractivity (Wildman–Crippen MR) is 78.1 cm³/mol. The highest BCUT2D eigenvalue weighted by molar-refractivity contribution is 7.89. The number of hydrogen-bond donors (Lipinski definition) is 2. The first-order chi connectivity index (χ1) is 9.36. The molecule has 0 amide bonds. The van der Waals surface area contributed by atoms with Crippen molar-refractivity contribution in [2.75, 3.05) is 32.7 Å². The van der Waals surface area contributed by atoms with E-state index in [2.05, 4.69) is 6.92 Å². The van der Waals surface area contributed by atoms with Crippen molar-refractivity contribution >= 4 is 33.2 Å². The summed E-state index contributed by atoms with van der Waals surface area (Å²) in [4.78, 5) is 1.14. The zero-order valence-corrected chi connectivity index (χ0v) is 13.4. The molecule has 0 atom stereocenters. The van der Waals surface area contributed by atoms with Gasteiger partial charge in [0.05, 0.1) is 37.7 Å². The number of hydrogen-bond acceptors (Lipinski definition) is 3. The van der Waals surface area contributed by atoms with Crippen LogP contribution >= 0.6 is 23.2 Å². The minimum absolute atomic E-state index is 0.0612. The first-order valence-corrected chi connectivity index (χ1v) is 8.57. The topological polar surface area (TPSA) is 62.0 Å². The van der Waals surface area contributed by atoms with E-state index < -0.39 is 15.8 Å². The molecule has 2 N–H and O–H groups in total. The molecular formula is C12H17Cl2N2O3S+. The molecule has 1 aliphatic heterocycles. The van der Waals surface area contributed by atoms with Crippen molar-refractivity contribution in [3.8, 4) is 5.75 Å². The summed E-state index contributed by atoms with van der Waals surface area (Å²) >= 11 is 11.6. The van der Waals surface area contributed by atoms with Gasteiger partial charge < -0.3 is 10.0 Å². The summed E-state index contributed by atoms with van der Waals surface area (Å²) in [5.41, 5.74) is 0. The van der Waals surface area contributed by atoms with Crippen LogP contribution in [0.3, 0.4) is 0 Å². The van der Waals surface area contributed by atoms with Gasteiger partial charge in [-0.1, -0.05) is 23.2 Å². The van der Waals surface area contributed by atoms with Gasteiger partial charge in [-0.3, -0.25) is 0 Å². The Morgan fingerprint density at radius 3 is 2.45 bits per heavy atom. The zero-order valence-electron chi connectivity index (χ0n) is 11.1. The molecule has 1 heterocycles. The zero-order chi connectivity index (χ0) is 14.9. The Bertz CT molecular complexity index is 599. The van der Waals surface area contributed by atoms with Gasteiger partial charge in [0.25, 0.3) is 0 Å². The predicted octanol–water partition coefficient (Wildman–Crippen LogP) is 0.608. The van der Waals surface area contributed by atoms with E-state index in [0.29, 0.717) is 13.1 Å². The second kappa shape index (κ2) is 6.07. The lowest BCUT2D eigenvalue weighted by atomic mass is 10.3. The Morgan fingerprint density at radius 2 is 1.90 bits per heavy atom. The maximum absolute atomic E-state index is 12.5. The molecule has 0 spiro atoms. The third-order valence-electron chi connectivity index (χ3n) is 3.54. The second-order valence-electron chi connectivity index (χ2n) is 4.74. The van der Waals surface area contributed by atoms with Gasteiger partial charge in [-0.15, -0.1) is 0 Å². The van der Waals surface area contributed by atoms with Crippen LogP contribution in [0, 0.1) is 0 Å². The number of nitrogens with one attached hydrogen (secondary N) is 1. The highest BCUT2D eigenvalue weighted by Gasteiger charge is 2.32. The van der Waals surface area contributed by atoms with Crippen LogP contribution in [0.5, 0.6) is 5.75 Å². The lowest BCUT2D eigenvalue weighted by Crippen LogP contribution is -3.14. The van der Waals surface area contributed by atoms with Crippen molar-refractivity contribution in [2.24, 2.45) is 0 Å². The fourth-order valence-corrected chi connectivity index (χ4v) is 4.46. The Labute approximate surface area is 128 Å². The maximum Gasteiger partial charge on any atom is 0.247 e. The highest BCUT2D eigenvalue weighted by atomic mass is 35.5. The summed E-state index contributed by atoms with van der Waals surface area (Å²) in [5.74, 6) is -0.443. The maximum atomic E-state index is 12.5. The molecule has 8 heteroatoms. The smallest absolute Gasteiger partial charge is 0.247 e. The molecule has 1 aromatic carbocycles.